The second-order valence-corrected chi connectivity index (χ2v) is 8.47. The van der Waals surface area contributed by atoms with Crippen molar-refractivity contribution >= 4 is 45.3 Å². The lowest BCUT2D eigenvalue weighted by atomic mass is 10.2. The van der Waals surface area contributed by atoms with E-state index in [1.165, 1.54) is 12.1 Å². The summed E-state index contributed by atoms with van der Waals surface area (Å²) < 4.78 is 0. The van der Waals surface area contributed by atoms with Crippen molar-refractivity contribution in [3.63, 3.8) is 0 Å². The number of carboxylic acid groups (broad SMARTS) is 2. The highest BCUT2D eigenvalue weighted by molar-refractivity contribution is 8.76. The molecule has 0 spiro atoms. The number of carbonyl (C=O) groups is 4. The number of aliphatic hydroxyl groups excluding tert-OH is 2. The van der Waals surface area contributed by atoms with Gasteiger partial charge in [0.2, 0.25) is 0 Å². The summed E-state index contributed by atoms with van der Waals surface area (Å²) in [4.78, 5) is 48.1. The molecule has 0 saturated heterocycles. The van der Waals surface area contributed by atoms with Gasteiger partial charge in [0.05, 0.1) is 24.3 Å². The molecule has 2 aromatic carbocycles. The lowest BCUT2D eigenvalue weighted by Gasteiger charge is -2.15. The van der Waals surface area contributed by atoms with Gasteiger partial charge in [-0.1, -0.05) is 45.9 Å². The van der Waals surface area contributed by atoms with E-state index in [9.17, 15) is 19.2 Å². The summed E-state index contributed by atoms with van der Waals surface area (Å²) in [6.07, 6.45) is 0. The Morgan fingerprint density at radius 2 is 1.03 bits per heavy atom. The quantitative estimate of drug-likeness (QED) is 0.253. The molecule has 12 heteroatoms. The number of carbonyl (C=O) groups excluding carboxylic acids is 2. The number of carboxylic acids is 2. The smallest absolute Gasteiger partial charge is 0.328 e. The van der Waals surface area contributed by atoms with E-state index in [0.717, 1.165) is 21.6 Å². The second-order valence-electron chi connectivity index (χ2n) is 6.25. The van der Waals surface area contributed by atoms with Crippen LogP contribution in [0.5, 0.6) is 0 Å². The van der Waals surface area contributed by atoms with Crippen LogP contribution in [0.3, 0.4) is 0 Å². The molecule has 0 aliphatic carbocycles. The molecule has 0 radical (unpaired) electrons. The summed E-state index contributed by atoms with van der Waals surface area (Å²) >= 11 is 0. The molecule has 0 aliphatic rings. The topological polar surface area (TPSA) is 173 Å². The van der Waals surface area contributed by atoms with Crippen LogP contribution in [-0.4, -0.2) is 69.5 Å². The Balaban J connectivity index is 2.19. The molecule has 2 rings (SSSR count). The Hall–Kier alpha value is -3.06. The van der Waals surface area contributed by atoms with E-state index in [0.29, 0.717) is 9.79 Å². The average molecular weight is 481 g/mol. The zero-order valence-corrected chi connectivity index (χ0v) is 18.1. The van der Waals surface area contributed by atoms with Crippen LogP contribution >= 0.6 is 21.6 Å². The summed E-state index contributed by atoms with van der Waals surface area (Å²) in [5, 5.41) is 40.7. The van der Waals surface area contributed by atoms with E-state index in [1.54, 1.807) is 36.4 Å². The SMILES string of the molecule is O=C(NC(CO)C(=O)O)c1ccccc1SSc1ccccc1C(=O)NC(CO)C(=O)O. The monoisotopic (exact) mass is 480 g/mol. The summed E-state index contributed by atoms with van der Waals surface area (Å²) in [5.41, 5.74) is 0.357. The number of nitrogens with one attached hydrogen (secondary N) is 2. The van der Waals surface area contributed by atoms with Crippen LogP contribution in [-0.2, 0) is 9.59 Å². The first-order chi connectivity index (χ1) is 15.3. The van der Waals surface area contributed by atoms with Crippen molar-refractivity contribution in [2.75, 3.05) is 13.2 Å². The maximum absolute atomic E-state index is 12.5. The zero-order valence-electron chi connectivity index (χ0n) is 16.4. The fraction of sp³-hybridized carbons (Fsp3) is 0.200. The van der Waals surface area contributed by atoms with Gasteiger partial charge in [-0.2, -0.15) is 0 Å². The fourth-order valence-electron chi connectivity index (χ4n) is 2.39. The van der Waals surface area contributed by atoms with Gasteiger partial charge in [0.1, 0.15) is 0 Å². The molecule has 170 valence electrons. The molecule has 0 fully saturated rings. The highest BCUT2D eigenvalue weighted by Gasteiger charge is 2.23. The molecule has 0 saturated carbocycles. The molecule has 0 bridgehead atoms. The lowest BCUT2D eigenvalue weighted by Crippen LogP contribution is -2.43. The predicted octanol–water partition coefficient (Wildman–Crippen LogP) is 0.837. The first-order valence-electron chi connectivity index (χ1n) is 9.10. The Kier molecular flexibility index (Phi) is 9.53. The van der Waals surface area contributed by atoms with Gasteiger partial charge in [-0.3, -0.25) is 9.59 Å². The van der Waals surface area contributed by atoms with Crippen molar-refractivity contribution in [2.45, 2.75) is 21.9 Å². The van der Waals surface area contributed by atoms with E-state index in [-0.39, 0.29) is 11.1 Å². The minimum absolute atomic E-state index is 0.179. The van der Waals surface area contributed by atoms with Crippen molar-refractivity contribution in [1.82, 2.24) is 10.6 Å². The molecule has 2 aromatic rings. The number of hydrogen-bond donors (Lipinski definition) is 6. The molecular weight excluding hydrogens is 460 g/mol. The minimum atomic E-state index is -1.45. The Bertz CT molecular complexity index is 922. The Labute approximate surface area is 190 Å². The van der Waals surface area contributed by atoms with Crippen LogP contribution in [0.25, 0.3) is 0 Å². The molecule has 0 heterocycles. The van der Waals surface area contributed by atoms with Crippen molar-refractivity contribution in [2.24, 2.45) is 0 Å². The molecule has 10 nitrogen and oxygen atoms in total. The molecule has 2 atom stereocenters. The van der Waals surface area contributed by atoms with Crippen LogP contribution in [0, 0.1) is 0 Å². The van der Waals surface area contributed by atoms with Gasteiger partial charge in [0.15, 0.2) is 12.1 Å². The van der Waals surface area contributed by atoms with Crippen molar-refractivity contribution in [1.29, 1.82) is 0 Å². The molecule has 0 aliphatic heterocycles. The number of hydrogen-bond acceptors (Lipinski definition) is 8. The van der Waals surface area contributed by atoms with Gasteiger partial charge in [-0.05, 0) is 24.3 Å². The van der Waals surface area contributed by atoms with Crippen LogP contribution in [0.1, 0.15) is 20.7 Å². The van der Waals surface area contributed by atoms with Gasteiger partial charge >= 0.3 is 11.9 Å². The lowest BCUT2D eigenvalue weighted by molar-refractivity contribution is -0.141. The third-order valence-electron chi connectivity index (χ3n) is 4.06. The van der Waals surface area contributed by atoms with Crippen molar-refractivity contribution in [3.8, 4) is 0 Å². The average Bonchev–Trinajstić information content (AvgIpc) is 2.79. The summed E-state index contributed by atoms with van der Waals surface area (Å²) in [6.45, 7) is -1.53. The van der Waals surface area contributed by atoms with Gasteiger partial charge in [0, 0.05) is 9.79 Å². The van der Waals surface area contributed by atoms with Crippen molar-refractivity contribution < 1.29 is 39.6 Å². The number of aliphatic hydroxyl groups is 2. The minimum Gasteiger partial charge on any atom is -0.480 e. The van der Waals surface area contributed by atoms with E-state index < -0.39 is 49.1 Å². The fourth-order valence-corrected chi connectivity index (χ4v) is 4.75. The maximum atomic E-state index is 12.5. The number of amides is 2. The normalized spacial score (nSPS) is 12.4. The molecule has 2 amide bonds. The molecule has 6 N–H and O–H groups in total. The highest BCUT2D eigenvalue weighted by atomic mass is 33.1. The first-order valence-corrected chi connectivity index (χ1v) is 11.2. The van der Waals surface area contributed by atoms with Crippen LogP contribution in [0.4, 0.5) is 0 Å². The molecule has 2 unspecified atom stereocenters. The van der Waals surface area contributed by atoms with E-state index >= 15 is 0 Å². The number of aliphatic carboxylic acids is 2. The molecule has 32 heavy (non-hydrogen) atoms. The maximum Gasteiger partial charge on any atom is 0.328 e. The zero-order chi connectivity index (χ0) is 23.7. The second kappa shape index (κ2) is 12.1. The first kappa shape index (κ1) is 25.2. The number of benzene rings is 2. The largest absolute Gasteiger partial charge is 0.480 e. The highest BCUT2D eigenvalue weighted by Crippen LogP contribution is 2.40. The third-order valence-corrected chi connectivity index (χ3v) is 6.54. The summed E-state index contributed by atoms with van der Waals surface area (Å²) in [7, 11) is 2.27. The van der Waals surface area contributed by atoms with Gasteiger partial charge in [0.25, 0.3) is 11.8 Å². The number of rotatable bonds is 11. The van der Waals surface area contributed by atoms with Crippen LogP contribution in [0.2, 0.25) is 0 Å². The Morgan fingerprint density at radius 3 is 1.34 bits per heavy atom. The summed E-state index contributed by atoms with van der Waals surface area (Å²) in [6, 6.07) is 9.90. The standard InChI is InChI=1S/C20H20N2O8S2/c23-9-13(19(27)28)21-17(25)11-5-1-3-7-15(11)31-32-16-8-4-2-6-12(16)18(26)22-14(10-24)20(29)30/h1-8,13-14,23-24H,9-10H2,(H,21,25)(H,22,26)(H,27,28)(H,29,30). The van der Waals surface area contributed by atoms with Crippen LogP contribution in [0.15, 0.2) is 58.3 Å². The van der Waals surface area contributed by atoms with Gasteiger partial charge < -0.3 is 31.1 Å². The van der Waals surface area contributed by atoms with Gasteiger partial charge in [-0.25, -0.2) is 9.59 Å². The van der Waals surface area contributed by atoms with E-state index in [4.69, 9.17) is 20.4 Å². The van der Waals surface area contributed by atoms with Gasteiger partial charge in [-0.15, -0.1) is 0 Å². The van der Waals surface area contributed by atoms with Crippen LogP contribution < -0.4 is 10.6 Å². The third kappa shape index (κ3) is 6.72. The van der Waals surface area contributed by atoms with E-state index in [2.05, 4.69) is 10.6 Å². The predicted molar refractivity (Wildman–Crippen MR) is 117 cm³/mol. The molecular formula is C20H20N2O8S2. The summed E-state index contributed by atoms with van der Waals surface area (Å²) in [5.74, 6) is -4.12. The van der Waals surface area contributed by atoms with E-state index in [1.807, 2.05) is 0 Å². The van der Waals surface area contributed by atoms with Crippen molar-refractivity contribution in [3.05, 3.63) is 59.7 Å². The molecule has 0 aromatic heterocycles. The Morgan fingerprint density at radius 1 is 0.688 bits per heavy atom.